The first-order valence-corrected chi connectivity index (χ1v) is 6.11. The molecule has 92 valence electrons. The van der Waals surface area contributed by atoms with Crippen LogP contribution in [0.4, 0.5) is 5.69 Å². The van der Waals surface area contributed by atoms with Crippen molar-refractivity contribution < 1.29 is 9.66 Å². The lowest BCUT2D eigenvalue weighted by molar-refractivity contribution is -0.385. The number of hydrogen-bond acceptors (Lipinski definition) is 3. The summed E-state index contributed by atoms with van der Waals surface area (Å²) in [5.41, 5.74) is -0.237. The molecule has 0 saturated carbocycles. The van der Waals surface area contributed by atoms with Crippen LogP contribution in [0.5, 0.6) is 11.5 Å². The molecular weight excluding hydrogens is 321 g/mol. The molecule has 0 fully saturated rings. The van der Waals surface area contributed by atoms with E-state index < -0.39 is 4.92 Å². The van der Waals surface area contributed by atoms with Crippen LogP contribution in [-0.2, 0) is 0 Å². The second-order valence-electron chi connectivity index (χ2n) is 3.40. The van der Waals surface area contributed by atoms with Crippen LogP contribution < -0.4 is 4.74 Å². The fourth-order valence-electron chi connectivity index (χ4n) is 1.41. The minimum absolute atomic E-state index is 0.0486. The van der Waals surface area contributed by atoms with Gasteiger partial charge in [0.25, 0.3) is 0 Å². The summed E-state index contributed by atoms with van der Waals surface area (Å²) in [6.45, 7) is 0. The summed E-state index contributed by atoms with van der Waals surface area (Å²) in [6.07, 6.45) is 0. The van der Waals surface area contributed by atoms with Crippen LogP contribution in [0, 0.1) is 10.1 Å². The van der Waals surface area contributed by atoms with Gasteiger partial charge in [-0.05, 0) is 30.3 Å². The first-order valence-electron chi connectivity index (χ1n) is 4.94. The Hall–Kier alpha value is -1.59. The Balaban J connectivity index is 2.40. The lowest BCUT2D eigenvalue weighted by Gasteiger charge is -2.07. The van der Waals surface area contributed by atoms with Crippen molar-refractivity contribution in [3.8, 4) is 11.5 Å². The molecule has 0 aliphatic rings. The average molecular weight is 329 g/mol. The van der Waals surface area contributed by atoms with Gasteiger partial charge in [0.15, 0.2) is 0 Å². The van der Waals surface area contributed by atoms with Gasteiger partial charge in [-0.2, -0.15) is 0 Å². The number of benzene rings is 2. The van der Waals surface area contributed by atoms with E-state index in [-0.39, 0.29) is 16.5 Å². The smallest absolute Gasteiger partial charge is 0.329 e. The second-order valence-corrected chi connectivity index (χ2v) is 4.73. The zero-order valence-corrected chi connectivity index (χ0v) is 11.3. The maximum absolute atomic E-state index is 10.9. The van der Waals surface area contributed by atoms with Gasteiger partial charge in [0, 0.05) is 4.47 Å². The summed E-state index contributed by atoms with van der Waals surface area (Å²) in [4.78, 5) is 10.4. The monoisotopic (exact) mass is 327 g/mol. The Kier molecular flexibility index (Phi) is 3.84. The third-order valence-corrected chi connectivity index (χ3v) is 2.95. The number of para-hydroxylation sites is 1. The normalized spacial score (nSPS) is 10.1. The number of nitro benzene ring substituents is 1. The van der Waals surface area contributed by atoms with Crippen LogP contribution in [-0.4, -0.2) is 4.92 Å². The molecule has 0 N–H and O–H groups in total. The number of halogens is 2. The van der Waals surface area contributed by atoms with Crippen molar-refractivity contribution in [2.45, 2.75) is 0 Å². The molecule has 0 heterocycles. The molecule has 2 aromatic carbocycles. The molecule has 0 aromatic heterocycles. The van der Waals surface area contributed by atoms with E-state index in [2.05, 4.69) is 15.9 Å². The van der Waals surface area contributed by atoms with E-state index in [1.54, 1.807) is 24.3 Å². The standard InChI is InChI=1S/C12H7BrClNO3/c13-8-3-1-4-9(7-8)18-11-6-2-5-10(14)12(11)15(16)17/h1-7H. The van der Waals surface area contributed by atoms with Gasteiger partial charge < -0.3 is 4.74 Å². The van der Waals surface area contributed by atoms with Crippen molar-refractivity contribution in [1.29, 1.82) is 0 Å². The van der Waals surface area contributed by atoms with Gasteiger partial charge in [-0.25, -0.2) is 0 Å². The Morgan fingerprint density at radius 1 is 1.22 bits per heavy atom. The van der Waals surface area contributed by atoms with Crippen LogP contribution in [0.25, 0.3) is 0 Å². The molecule has 0 atom stereocenters. The van der Waals surface area contributed by atoms with Gasteiger partial charge >= 0.3 is 5.69 Å². The summed E-state index contributed by atoms with van der Waals surface area (Å²) >= 11 is 9.09. The maximum atomic E-state index is 10.9. The van der Waals surface area contributed by atoms with Crippen molar-refractivity contribution in [3.63, 3.8) is 0 Å². The van der Waals surface area contributed by atoms with Crippen molar-refractivity contribution in [2.75, 3.05) is 0 Å². The molecule has 4 nitrogen and oxygen atoms in total. The Morgan fingerprint density at radius 2 is 1.94 bits per heavy atom. The van der Waals surface area contributed by atoms with E-state index in [9.17, 15) is 10.1 Å². The highest BCUT2D eigenvalue weighted by Gasteiger charge is 2.20. The summed E-state index contributed by atoms with van der Waals surface area (Å²) in [7, 11) is 0. The molecule has 0 aliphatic carbocycles. The molecule has 0 spiro atoms. The first-order chi connectivity index (χ1) is 8.58. The lowest BCUT2D eigenvalue weighted by atomic mass is 10.3. The fraction of sp³-hybridized carbons (Fsp3) is 0. The molecule has 18 heavy (non-hydrogen) atoms. The zero-order valence-electron chi connectivity index (χ0n) is 8.97. The molecule has 0 unspecified atom stereocenters. The van der Waals surface area contributed by atoms with Crippen LogP contribution in [0.1, 0.15) is 0 Å². The molecule has 0 bridgehead atoms. The zero-order chi connectivity index (χ0) is 13.1. The van der Waals surface area contributed by atoms with Crippen LogP contribution in [0.15, 0.2) is 46.9 Å². The Morgan fingerprint density at radius 3 is 2.61 bits per heavy atom. The number of ether oxygens (including phenoxy) is 1. The first kappa shape index (κ1) is 12.9. The number of rotatable bonds is 3. The molecule has 2 aromatic rings. The number of nitrogens with zero attached hydrogens (tertiary/aromatic N) is 1. The summed E-state index contributed by atoms with van der Waals surface area (Å²) in [5.74, 6) is 0.611. The predicted molar refractivity (Wildman–Crippen MR) is 72.3 cm³/mol. The highest BCUT2D eigenvalue weighted by Crippen LogP contribution is 2.37. The van der Waals surface area contributed by atoms with Gasteiger partial charge in [-0.3, -0.25) is 10.1 Å². The summed E-state index contributed by atoms with van der Waals surface area (Å²) in [5, 5.41) is 11.0. The van der Waals surface area contributed by atoms with Gasteiger partial charge in [0.05, 0.1) is 4.92 Å². The topological polar surface area (TPSA) is 52.4 Å². The highest BCUT2D eigenvalue weighted by atomic mass is 79.9. The van der Waals surface area contributed by atoms with Gasteiger partial charge in [0.1, 0.15) is 10.8 Å². The van der Waals surface area contributed by atoms with Gasteiger partial charge in [-0.1, -0.05) is 39.7 Å². The quantitative estimate of drug-likeness (QED) is 0.600. The van der Waals surface area contributed by atoms with E-state index in [1.807, 2.05) is 6.07 Å². The predicted octanol–water partition coefficient (Wildman–Crippen LogP) is 4.80. The van der Waals surface area contributed by atoms with Crippen molar-refractivity contribution in [2.24, 2.45) is 0 Å². The van der Waals surface area contributed by atoms with E-state index in [4.69, 9.17) is 16.3 Å². The third kappa shape index (κ3) is 2.80. The average Bonchev–Trinajstić information content (AvgIpc) is 2.28. The Labute approximate surface area is 116 Å². The van der Waals surface area contributed by atoms with Gasteiger partial charge in [-0.15, -0.1) is 0 Å². The largest absolute Gasteiger partial charge is 0.450 e. The SMILES string of the molecule is O=[N+]([O-])c1c(Cl)cccc1Oc1cccc(Br)c1. The van der Waals surface area contributed by atoms with Crippen LogP contribution >= 0.6 is 27.5 Å². The Bertz CT molecular complexity index is 604. The summed E-state index contributed by atoms with van der Waals surface area (Å²) in [6, 6.07) is 11.6. The lowest BCUT2D eigenvalue weighted by Crippen LogP contribution is -1.94. The van der Waals surface area contributed by atoms with Crippen molar-refractivity contribution >= 4 is 33.2 Å². The fourth-order valence-corrected chi connectivity index (χ4v) is 2.03. The summed E-state index contributed by atoms with van der Waals surface area (Å²) < 4.78 is 6.30. The molecule has 2 rings (SSSR count). The van der Waals surface area contributed by atoms with E-state index in [0.29, 0.717) is 5.75 Å². The van der Waals surface area contributed by atoms with E-state index in [1.165, 1.54) is 12.1 Å². The highest BCUT2D eigenvalue weighted by molar-refractivity contribution is 9.10. The minimum Gasteiger partial charge on any atom is -0.450 e. The third-order valence-electron chi connectivity index (χ3n) is 2.16. The number of nitro groups is 1. The van der Waals surface area contributed by atoms with Crippen molar-refractivity contribution in [3.05, 3.63) is 62.1 Å². The van der Waals surface area contributed by atoms with Crippen molar-refractivity contribution in [1.82, 2.24) is 0 Å². The molecule has 0 radical (unpaired) electrons. The van der Waals surface area contributed by atoms with Crippen LogP contribution in [0.2, 0.25) is 5.02 Å². The minimum atomic E-state index is -0.560. The molecular formula is C12H7BrClNO3. The molecule has 0 saturated heterocycles. The maximum Gasteiger partial charge on any atom is 0.329 e. The number of hydrogen-bond donors (Lipinski definition) is 0. The second kappa shape index (κ2) is 5.37. The molecule has 0 aliphatic heterocycles. The van der Waals surface area contributed by atoms with Gasteiger partial charge in [0.2, 0.25) is 5.75 Å². The molecule has 0 amide bonds. The van der Waals surface area contributed by atoms with E-state index in [0.717, 1.165) is 4.47 Å². The van der Waals surface area contributed by atoms with Crippen LogP contribution in [0.3, 0.4) is 0 Å². The molecule has 6 heteroatoms. The van der Waals surface area contributed by atoms with E-state index >= 15 is 0 Å².